The number of carbonyl (C=O) groups is 1. The van der Waals surface area contributed by atoms with E-state index in [-0.39, 0.29) is 11.6 Å². The van der Waals surface area contributed by atoms with Crippen LogP contribution in [0.3, 0.4) is 0 Å². The zero-order valence-corrected chi connectivity index (χ0v) is 13.3. The number of aromatic nitrogens is 2. The summed E-state index contributed by atoms with van der Waals surface area (Å²) >= 11 is 0. The number of hydrogen-bond donors (Lipinski definition) is 1. The van der Waals surface area contributed by atoms with Gasteiger partial charge in [0.2, 0.25) is 0 Å². The van der Waals surface area contributed by atoms with E-state index in [1.807, 2.05) is 30.3 Å². The molecule has 0 aliphatic rings. The number of nitro groups is 1. The van der Waals surface area contributed by atoms with Gasteiger partial charge in [0.1, 0.15) is 5.69 Å². The molecule has 0 fully saturated rings. The van der Waals surface area contributed by atoms with E-state index >= 15 is 0 Å². The number of nitrogens with one attached hydrogen (secondary N) is 1. The molecule has 0 saturated carbocycles. The van der Waals surface area contributed by atoms with E-state index in [4.69, 9.17) is 0 Å². The Morgan fingerprint density at radius 2 is 1.80 bits per heavy atom. The van der Waals surface area contributed by atoms with Crippen molar-refractivity contribution < 1.29 is 9.72 Å². The van der Waals surface area contributed by atoms with Crippen molar-refractivity contribution in [3.8, 4) is 0 Å². The molecule has 1 aromatic heterocycles. The Morgan fingerprint density at radius 1 is 1.08 bits per heavy atom. The van der Waals surface area contributed by atoms with Crippen LogP contribution in [0.15, 0.2) is 67.1 Å². The van der Waals surface area contributed by atoms with Crippen LogP contribution in [0.5, 0.6) is 0 Å². The second kappa shape index (κ2) is 7.39. The van der Waals surface area contributed by atoms with Crippen molar-refractivity contribution in [2.75, 3.05) is 0 Å². The highest BCUT2D eigenvalue weighted by Crippen LogP contribution is 2.13. The van der Waals surface area contributed by atoms with E-state index < -0.39 is 4.92 Å². The second-order valence-electron chi connectivity index (χ2n) is 5.52. The van der Waals surface area contributed by atoms with E-state index in [0.717, 1.165) is 11.1 Å². The Balaban J connectivity index is 1.59. The monoisotopic (exact) mass is 336 g/mol. The molecule has 1 N–H and O–H groups in total. The summed E-state index contributed by atoms with van der Waals surface area (Å²) in [5, 5.41) is 13.5. The molecule has 0 radical (unpaired) electrons. The number of hydrogen-bond acceptors (Lipinski definition) is 4. The molecule has 3 rings (SSSR count). The summed E-state index contributed by atoms with van der Waals surface area (Å²) in [6.07, 6.45) is 3.22. The number of non-ortho nitro benzene ring substituents is 1. The minimum atomic E-state index is -0.434. The Kier molecular flexibility index (Phi) is 4.84. The fourth-order valence-electron chi connectivity index (χ4n) is 2.37. The molecule has 0 unspecified atom stereocenters. The number of imidazole rings is 1. The van der Waals surface area contributed by atoms with Crippen LogP contribution in [-0.2, 0) is 13.1 Å². The number of carbonyl (C=O) groups excluding carboxylic acids is 1. The van der Waals surface area contributed by atoms with Crippen LogP contribution in [0.2, 0.25) is 0 Å². The van der Waals surface area contributed by atoms with E-state index in [1.54, 1.807) is 29.2 Å². The smallest absolute Gasteiger partial charge is 0.271 e. The molecule has 0 atom stereocenters. The number of benzene rings is 2. The first-order valence-electron chi connectivity index (χ1n) is 7.69. The lowest BCUT2D eigenvalue weighted by molar-refractivity contribution is -0.384. The van der Waals surface area contributed by atoms with Gasteiger partial charge in [0.25, 0.3) is 11.6 Å². The van der Waals surface area contributed by atoms with Gasteiger partial charge in [0.15, 0.2) is 0 Å². The maximum absolute atomic E-state index is 12.1. The minimum Gasteiger partial charge on any atom is -0.347 e. The van der Waals surface area contributed by atoms with Crippen LogP contribution in [0, 0.1) is 10.1 Å². The molecule has 0 bridgehead atoms. The third kappa shape index (κ3) is 4.29. The third-order valence-electron chi connectivity index (χ3n) is 3.67. The predicted molar refractivity (Wildman–Crippen MR) is 92.0 cm³/mol. The Labute approximate surface area is 144 Å². The van der Waals surface area contributed by atoms with E-state index in [0.29, 0.717) is 18.8 Å². The van der Waals surface area contributed by atoms with E-state index in [9.17, 15) is 14.9 Å². The molecule has 0 aliphatic heterocycles. The lowest BCUT2D eigenvalue weighted by Crippen LogP contribution is -2.23. The molecule has 1 amide bonds. The van der Waals surface area contributed by atoms with Crippen molar-refractivity contribution >= 4 is 11.6 Å². The highest BCUT2D eigenvalue weighted by atomic mass is 16.6. The van der Waals surface area contributed by atoms with Gasteiger partial charge in [0, 0.05) is 31.4 Å². The largest absolute Gasteiger partial charge is 0.347 e. The second-order valence-corrected chi connectivity index (χ2v) is 5.52. The third-order valence-corrected chi connectivity index (χ3v) is 3.67. The molecular formula is C18H16N4O3. The average molecular weight is 336 g/mol. The number of nitrogens with zero attached hydrogens (tertiary/aromatic N) is 3. The van der Waals surface area contributed by atoms with Gasteiger partial charge in [-0.3, -0.25) is 14.9 Å². The number of amides is 1. The van der Waals surface area contributed by atoms with Crippen molar-refractivity contribution in [1.82, 2.24) is 14.9 Å². The van der Waals surface area contributed by atoms with Gasteiger partial charge in [-0.05, 0) is 11.1 Å². The molecule has 126 valence electrons. The topological polar surface area (TPSA) is 90.1 Å². The molecule has 3 aromatic rings. The van der Waals surface area contributed by atoms with Crippen molar-refractivity contribution in [2.45, 2.75) is 13.1 Å². The summed E-state index contributed by atoms with van der Waals surface area (Å²) in [5.74, 6) is -0.244. The summed E-state index contributed by atoms with van der Waals surface area (Å²) in [6.45, 7) is 0.922. The van der Waals surface area contributed by atoms with Crippen LogP contribution >= 0.6 is 0 Å². The van der Waals surface area contributed by atoms with Crippen LogP contribution < -0.4 is 5.32 Å². The first-order valence-corrected chi connectivity index (χ1v) is 7.69. The highest BCUT2D eigenvalue weighted by Gasteiger charge is 2.10. The van der Waals surface area contributed by atoms with Gasteiger partial charge in [0.05, 0.1) is 11.3 Å². The summed E-state index contributed by atoms with van der Waals surface area (Å²) < 4.78 is 1.76. The Hall–Kier alpha value is -3.48. The predicted octanol–water partition coefficient (Wildman–Crippen LogP) is 2.77. The fraction of sp³-hybridized carbons (Fsp3) is 0.111. The van der Waals surface area contributed by atoms with Crippen molar-refractivity contribution in [2.24, 2.45) is 0 Å². The van der Waals surface area contributed by atoms with Crippen LogP contribution in [0.1, 0.15) is 21.6 Å². The van der Waals surface area contributed by atoms with Crippen molar-refractivity contribution in [3.05, 3.63) is 94.1 Å². The summed E-state index contributed by atoms with van der Waals surface area (Å²) in [4.78, 5) is 26.5. The SMILES string of the molecule is O=C(NCc1ccccc1)c1cn(Cc2ccc([N+](=O)[O-])cc2)cn1. The molecule has 2 aromatic carbocycles. The van der Waals surface area contributed by atoms with Crippen molar-refractivity contribution in [1.29, 1.82) is 0 Å². The van der Waals surface area contributed by atoms with Gasteiger partial charge in [-0.25, -0.2) is 4.98 Å². The van der Waals surface area contributed by atoms with E-state index in [2.05, 4.69) is 10.3 Å². The summed E-state index contributed by atoms with van der Waals surface area (Å²) in [6, 6.07) is 15.9. The fourth-order valence-corrected chi connectivity index (χ4v) is 2.37. The normalized spacial score (nSPS) is 10.4. The standard InChI is InChI=1S/C18H16N4O3/c23-18(19-10-14-4-2-1-3-5-14)17-12-21(13-20-17)11-15-6-8-16(9-7-15)22(24)25/h1-9,12-13H,10-11H2,(H,19,23). The van der Waals surface area contributed by atoms with Gasteiger partial charge >= 0.3 is 0 Å². The molecule has 0 aliphatic carbocycles. The van der Waals surface area contributed by atoms with Gasteiger partial charge in [-0.15, -0.1) is 0 Å². The number of rotatable bonds is 6. The Bertz CT molecular complexity index is 873. The first kappa shape index (κ1) is 16.4. The molecule has 0 saturated heterocycles. The van der Waals surface area contributed by atoms with Crippen LogP contribution in [0.25, 0.3) is 0 Å². The summed E-state index contributed by atoms with van der Waals surface area (Å²) in [5.41, 5.74) is 2.29. The van der Waals surface area contributed by atoms with Gasteiger partial charge in [-0.2, -0.15) is 0 Å². The Morgan fingerprint density at radius 3 is 2.48 bits per heavy atom. The molecule has 0 spiro atoms. The van der Waals surface area contributed by atoms with Crippen LogP contribution in [0.4, 0.5) is 5.69 Å². The van der Waals surface area contributed by atoms with Gasteiger partial charge < -0.3 is 9.88 Å². The average Bonchev–Trinajstić information content (AvgIpc) is 3.09. The van der Waals surface area contributed by atoms with Crippen LogP contribution in [-0.4, -0.2) is 20.4 Å². The minimum absolute atomic E-state index is 0.0513. The zero-order chi connectivity index (χ0) is 17.6. The molecular weight excluding hydrogens is 320 g/mol. The van der Waals surface area contributed by atoms with E-state index in [1.165, 1.54) is 12.1 Å². The molecule has 1 heterocycles. The maximum Gasteiger partial charge on any atom is 0.271 e. The number of nitro benzene ring substituents is 1. The first-order chi connectivity index (χ1) is 12.1. The van der Waals surface area contributed by atoms with Gasteiger partial charge in [-0.1, -0.05) is 42.5 Å². The zero-order valence-electron chi connectivity index (χ0n) is 13.3. The maximum atomic E-state index is 12.1. The lowest BCUT2D eigenvalue weighted by Gasteiger charge is -2.03. The molecule has 25 heavy (non-hydrogen) atoms. The lowest BCUT2D eigenvalue weighted by atomic mass is 10.2. The molecule has 7 heteroatoms. The highest BCUT2D eigenvalue weighted by molar-refractivity contribution is 5.91. The van der Waals surface area contributed by atoms with Crippen molar-refractivity contribution in [3.63, 3.8) is 0 Å². The quantitative estimate of drug-likeness (QED) is 0.553. The molecule has 7 nitrogen and oxygen atoms in total. The summed E-state index contributed by atoms with van der Waals surface area (Å²) in [7, 11) is 0.